The summed E-state index contributed by atoms with van der Waals surface area (Å²) >= 11 is 0. The lowest BCUT2D eigenvalue weighted by Gasteiger charge is -2.13. The summed E-state index contributed by atoms with van der Waals surface area (Å²) in [6.45, 7) is 2.09. The Morgan fingerprint density at radius 1 is 0.885 bits per heavy atom. The molecule has 0 bridgehead atoms. The van der Waals surface area contributed by atoms with Gasteiger partial charge in [0, 0.05) is 31.2 Å². The van der Waals surface area contributed by atoms with Crippen molar-refractivity contribution in [3.63, 3.8) is 0 Å². The van der Waals surface area contributed by atoms with Crippen LogP contribution < -0.4 is 15.5 Å². The molecule has 2 aromatic rings. The Morgan fingerprint density at radius 2 is 1.35 bits per heavy atom. The Labute approximate surface area is 154 Å². The quantitative estimate of drug-likeness (QED) is 0.837. The fourth-order valence-corrected chi connectivity index (χ4v) is 2.91. The highest BCUT2D eigenvalue weighted by molar-refractivity contribution is 6.03. The molecule has 1 saturated carbocycles. The van der Waals surface area contributed by atoms with Crippen LogP contribution in [0.3, 0.4) is 0 Å². The first kappa shape index (κ1) is 18.0. The van der Waals surface area contributed by atoms with Crippen LogP contribution in [0.2, 0.25) is 0 Å². The molecule has 1 aliphatic carbocycles. The summed E-state index contributed by atoms with van der Waals surface area (Å²) in [5.41, 5.74) is 3.83. The number of nitrogens with one attached hydrogen (secondary N) is 2. The monoisotopic (exact) mass is 351 g/mol. The Kier molecular flexibility index (Phi) is 5.26. The van der Waals surface area contributed by atoms with Crippen LogP contribution in [-0.2, 0) is 16.0 Å². The van der Waals surface area contributed by atoms with E-state index in [4.69, 9.17) is 0 Å². The van der Waals surface area contributed by atoms with E-state index in [1.165, 1.54) is 5.56 Å². The van der Waals surface area contributed by atoms with Crippen LogP contribution in [0, 0.1) is 11.8 Å². The number of aryl methyl sites for hydroxylation is 1. The highest BCUT2D eigenvalue weighted by atomic mass is 16.2. The number of nitrogens with zero attached hydrogens (tertiary/aromatic N) is 1. The van der Waals surface area contributed by atoms with E-state index < -0.39 is 0 Å². The van der Waals surface area contributed by atoms with Crippen LogP contribution in [-0.4, -0.2) is 25.9 Å². The van der Waals surface area contributed by atoms with Gasteiger partial charge in [-0.25, -0.2) is 0 Å². The van der Waals surface area contributed by atoms with E-state index in [1.807, 2.05) is 67.5 Å². The van der Waals surface area contributed by atoms with Gasteiger partial charge in [0.05, 0.1) is 11.8 Å². The fraction of sp³-hybridized carbons (Fsp3) is 0.333. The van der Waals surface area contributed by atoms with Gasteiger partial charge in [-0.1, -0.05) is 19.1 Å². The van der Waals surface area contributed by atoms with Crippen molar-refractivity contribution in [2.24, 2.45) is 11.8 Å². The summed E-state index contributed by atoms with van der Waals surface area (Å²) in [5, 5.41) is 5.80. The average molecular weight is 351 g/mol. The molecule has 0 heterocycles. The van der Waals surface area contributed by atoms with Crippen LogP contribution in [0.15, 0.2) is 48.5 Å². The topological polar surface area (TPSA) is 61.4 Å². The van der Waals surface area contributed by atoms with Gasteiger partial charge >= 0.3 is 0 Å². The average Bonchev–Trinajstić information content (AvgIpc) is 3.44. The van der Waals surface area contributed by atoms with Crippen LogP contribution in [0.5, 0.6) is 0 Å². The first-order valence-electron chi connectivity index (χ1n) is 8.96. The Hall–Kier alpha value is -2.82. The van der Waals surface area contributed by atoms with Gasteiger partial charge in [0.25, 0.3) is 0 Å². The van der Waals surface area contributed by atoms with E-state index in [1.54, 1.807) is 0 Å². The third-order valence-electron chi connectivity index (χ3n) is 4.74. The number of benzene rings is 2. The van der Waals surface area contributed by atoms with Crippen molar-refractivity contribution in [3.8, 4) is 0 Å². The van der Waals surface area contributed by atoms with Crippen molar-refractivity contribution in [3.05, 3.63) is 54.1 Å². The van der Waals surface area contributed by atoms with Gasteiger partial charge in [-0.3, -0.25) is 9.59 Å². The molecule has 1 fully saturated rings. The molecule has 2 N–H and O–H groups in total. The molecular formula is C21H25N3O2. The van der Waals surface area contributed by atoms with E-state index in [9.17, 15) is 9.59 Å². The van der Waals surface area contributed by atoms with Crippen LogP contribution in [0.25, 0.3) is 0 Å². The Bertz CT molecular complexity index is 782. The van der Waals surface area contributed by atoms with E-state index in [-0.39, 0.29) is 23.7 Å². The van der Waals surface area contributed by atoms with E-state index >= 15 is 0 Å². The molecule has 26 heavy (non-hydrogen) atoms. The molecule has 5 heteroatoms. The number of hydrogen-bond acceptors (Lipinski definition) is 3. The number of rotatable bonds is 6. The summed E-state index contributed by atoms with van der Waals surface area (Å²) in [5.74, 6) is -0.679. The van der Waals surface area contributed by atoms with Gasteiger partial charge in [0.15, 0.2) is 0 Å². The smallest absolute Gasteiger partial charge is 0.228 e. The molecule has 0 spiro atoms. The minimum absolute atomic E-state index is 0.0858. The molecule has 2 atom stereocenters. The third kappa shape index (κ3) is 4.23. The maximum absolute atomic E-state index is 12.3. The van der Waals surface area contributed by atoms with Gasteiger partial charge in [0.1, 0.15) is 0 Å². The zero-order valence-corrected chi connectivity index (χ0v) is 15.5. The maximum atomic E-state index is 12.3. The fourth-order valence-electron chi connectivity index (χ4n) is 2.91. The van der Waals surface area contributed by atoms with E-state index in [0.717, 1.165) is 23.5 Å². The minimum Gasteiger partial charge on any atom is -0.378 e. The number of carbonyl (C=O) groups is 2. The second-order valence-electron chi connectivity index (χ2n) is 6.92. The summed E-state index contributed by atoms with van der Waals surface area (Å²) in [6.07, 6.45) is 1.56. The summed E-state index contributed by atoms with van der Waals surface area (Å²) in [7, 11) is 3.94. The predicted octanol–water partition coefficient (Wildman–Crippen LogP) is 3.53. The number of anilines is 3. The van der Waals surface area contributed by atoms with Crippen molar-refractivity contribution >= 4 is 28.9 Å². The number of carbonyl (C=O) groups excluding carboxylic acids is 2. The summed E-state index contributed by atoms with van der Waals surface area (Å²) in [6, 6.07) is 15.5. The van der Waals surface area contributed by atoms with Crippen LogP contribution in [0.1, 0.15) is 18.9 Å². The molecule has 2 aromatic carbocycles. The van der Waals surface area contributed by atoms with Crippen molar-refractivity contribution in [1.82, 2.24) is 0 Å². The molecule has 0 saturated heterocycles. The molecule has 2 amide bonds. The molecule has 0 radical (unpaired) electrons. The number of amides is 2. The largest absolute Gasteiger partial charge is 0.378 e. The van der Waals surface area contributed by atoms with E-state index in [0.29, 0.717) is 6.42 Å². The summed E-state index contributed by atoms with van der Waals surface area (Å²) in [4.78, 5) is 26.7. The summed E-state index contributed by atoms with van der Waals surface area (Å²) < 4.78 is 0. The van der Waals surface area contributed by atoms with E-state index in [2.05, 4.69) is 17.6 Å². The molecule has 2 unspecified atom stereocenters. The van der Waals surface area contributed by atoms with Gasteiger partial charge in [-0.2, -0.15) is 0 Å². The molecule has 5 nitrogen and oxygen atoms in total. The highest BCUT2D eigenvalue weighted by Crippen LogP contribution is 2.40. The molecule has 0 aromatic heterocycles. The first-order chi connectivity index (χ1) is 12.5. The van der Waals surface area contributed by atoms with Gasteiger partial charge < -0.3 is 15.5 Å². The van der Waals surface area contributed by atoms with Crippen molar-refractivity contribution in [2.45, 2.75) is 19.8 Å². The first-order valence-corrected chi connectivity index (χ1v) is 8.96. The molecule has 0 aliphatic heterocycles. The van der Waals surface area contributed by atoms with Gasteiger partial charge in [-0.05, 0) is 54.8 Å². The van der Waals surface area contributed by atoms with Crippen molar-refractivity contribution in [2.75, 3.05) is 29.6 Å². The second-order valence-corrected chi connectivity index (χ2v) is 6.92. The van der Waals surface area contributed by atoms with Crippen molar-refractivity contribution in [1.29, 1.82) is 0 Å². The molecular weight excluding hydrogens is 326 g/mol. The molecule has 136 valence electrons. The molecule has 1 aliphatic rings. The SMILES string of the molecule is CCc1ccc(NC(=O)C2CC2C(=O)Nc2ccc(N(C)C)cc2)cc1. The predicted molar refractivity (Wildman–Crippen MR) is 105 cm³/mol. The third-order valence-corrected chi connectivity index (χ3v) is 4.74. The zero-order valence-electron chi connectivity index (χ0n) is 15.5. The number of hydrogen-bond donors (Lipinski definition) is 2. The zero-order chi connectivity index (χ0) is 18.7. The lowest BCUT2D eigenvalue weighted by molar-refractivity contribution is -0.122. The van der Waals surface area contributed by atoms with Gasteiger partial charge in [-0.15, -0.1) is 0 Å². The van der Waals surface area contributed by atoms with Gasteiger partial charge in [0.2, 0.25) is 11.8 Å². The molecule has 3 rings (SSSR count). The van der Waals surface area contributed by atoms with Crippen LogP contribution >= 0.6 is 0 Å². The normalized spacial score (nSPS) is 18.1. The maximum Gasteiger partial charge on any atom is 0.228 e. The standard InChI is InChI=1S/C21H25N3O2/c1-4-14-5-7-15(8-6-14)22-20(25)18-13-19(18)21(26)23-16-9-11-17(12-10-16)24(2)3/h5-12,18-19H,4,13H2,1-3H3,(H,22,25)(H,23,26). The Morgan fingerprint density at radius 3 is 1.77 bits per heavy atom. The lowest BCUT2D eigenvalue weighted by Crippen LogP contribution is -2.20. The van der Waals surface area contributed by atoms with Crippen molar-refractivity contribution < 1.29 is 9.59 Å². The lowest BCUT2D eigenvalue weighted by atomic mass is 10.1. The minimum atomic E-state index is -0.251. The second kappa shape index (κ2) is 7.60. The Balaban J connectivity index is 1.52. The highest BCUT2D eigenvalue weighted by Gasteiger charge is 2.48. The van der Waals surface area contributed by atoms with Crippen LogP contribution in [0.4, 0.5) is 17.1 Å².